The number of hydrogen-bond donors (Lipinski definition) is 2. The van der Waals surface area contributed by atoms with Crippen LogP contribution in [-0.2, 0) is 13.1 Å². The minimum Gasteiger partial charge on any atom is -0.346 e. The maximum Gasteiger partial charge on any atom is 0.133 e. The molecule has 0 radical (unpaired) electrons. The number of alkyl halides is 1. The van der Waals surface area contributed by atoms with Gasteiger partial charge in [-0.1, -0.05) is 0 Å². The van der Waals surface area contributed by atoms with Crippen molar-refractivity contribution >= 4 is 0 Å². The van der Waals surface area contributed by atoms with Crippen LogP contribution in [0.15, 0.2) is 0 Å². The largest absolute Gasteiger partial charge is 0.346 e. The molecule has 0 bridgehead atoms. The predicted molar refractivity (Wildman–Crippen MR) is 50.4 cm³/mol. The Hall–Kier alpha value is -0.900. The van der Waals surface area contributed by atoms with Crippen molar-refractivity contribution in [3.63, 3.8) is 0 Å². The summed E-state index contributed by atoms with van der Waals surface area (Å²) in [6, 6.07) is 0. The van der Waals surface area contributed by atoms with Crippen LogP contribution in [0, 0.1) is 6.92 Å². The van der Waals surface area contributed by atoms with Gasteiger partial charge in [-0.2, -0.15) is 0 Å². The van der Waals surface area contributed by atoms with Gasteiger partial charge in [0, 0.05) is 12.1 Å². The van der Waals surface area contributed by atoms with E-state index in [2.05, 4.69) is 15.3 Å². The van der Waals surface area contributed by atoms with Gasteiger partial charge in [0.05, 0.1) is 5.69 Å². The zero-order valence-electron chi connectivity index (χ0n) is 8.15. The number of H-pyrrole nitrogens is 1. The molecule has 0 fully saturated rings. The zero-order chi connectivity index (χ0) is 9.68. The first-order chi connectivity index (χ1) is 6.27. The smallest absolute Gasteiger partial charge is 0.133 e. The molecule has 0 spiro atoms. The molecule has 1 heterocycles. The molecule has 1 aromatic rings. The first kappa shape index (κ1) is 10.2. The van der Waals surface area contributed by atoms with Crippen LogP contribution in [-0.4, -0.2) is 23.6 Å². The van der Waals surface area contributed by atoms with Gasteiger partial charge in [-0.3, -0.25) is 0 Å². The van der Waals surface area contributed by atoms with Gasteiger partial charge in [-0.25, -0.2) is 9.37 Å². The van der Waals surface area contributed by atoms with Crippen molar-refractivity contribution in [1.82, 2.24) is 15.3 Å². The van der Waals surface area contributed by atoms with Crippen molar-refractivity contribution in [2.75, 3.05) is 13.6 Å². The summed E-state index contributed by atoms with van der Waals surface area (Å²) < 4.78 is 12.3. The topological polar surface area (TPSA) is 40.7 Å². The Morgan fingerprint density at radius 1 is 1.54 bits per heavy atom. The van der Waals surface area contributed by atoms with E-state index in [1.54, 1.807) is 0 Å². The Morgan fingerprint density at radius 3 is 2.85 bits per heavy atom. The number of imidazole rings is 1. The molecule has 0 aliphatic heterocycles. The van der Waals surface area contributed by atoms with Crippen molar-refractivity contribution in [2.24, 2.45) is 0 Å². The van der Waals surface area contributed by atoms with E-state index < -0.39 is 6.67 Å². The van der Waals surface area contributed by atoms with E-state index in [1.807, 2.05) is 14.0 Å². The number of aromatic amines is 1. The summed E-state index contributed by atoms with van der Waals surface area (Å²) in [6.07, 6.45) is 1.90. The van der Waals surface area contributed by atoms with E-state index in [0.29, 0.717) is 5.69 Å². The molecule has 74 valence electrons. The fraction of sp³-hybridized carbons (Fsp3) is 0.667. The third-order valence-electron chi connectivity index (χ3n) is 2.00. The van der Waals surface area contributed by atoms with Gasteiger partial charge in [0.1, 0.15) is 12.5 Å². The predicted octanol–water partition coefficient (Wildman–Crippen LogP) is 1.34. The SMILES string of the molecule is CNCCCc1nc(CF)c(C)[nH]1. The van der Waals surface area contributed by atoms with E-state index in [0.717, 1.165) is 30.9 Å². The minimum absolute atomic E-state index is 0.478. The van der Waals surface area contributed by atoms with Gasteiger partial charge in [0.15, 0.2) is 0 Å². The van der Waals surface area contributed by atoms with Crippen molar-refractivity contribution in [1.29, 1.82) is 0 Å². The molecule has 0 aliphatic carbocycles. The molecule has 2 N–H and O–H groups in total. The van der Waals surface area contributed by atoms with Gasteiger partial charge in [0.25, 0.3) is 0 Å². The summed E-state index contributed by atoms with van der Waals surface area (Å²) in [6.45, 7) is 2.34. The standard InChI is InChI=1S/C9H16FN3/c1-7-8(6-10)13-9(12-7)4-3-5-11-2/h11H,3-6H2,1-2H3,(H,12,13). The second-order valence-corrected chi connectivity index (χ2v) is 3.10. The van der Waals surface area contributed by atoms with Crippen LogP contribution in [0.1, 0.15) is 23.6 Å². The van der Waals surface area contributed by atoms with E-state index in [4.69, 9.17) is 0 Å². The lowest BCUT2D eigenvalue weighted by molar-refractivity contribution is 0.475. The Bertz CT molecular complexity index is 257. The first-order valence-corrected chi connectivity index (χ1v) is 4.53. The fourth-order valence-electron chi connectivity index (χ4n) is 1.24. The summed E-state index contributed by atoms with van der Waals surface area (Å²) in [4.78, 5) is 7.22. The summed E-state index contributed by atoms with van der Waals surface area (Å²) in [7, 11) is 1.92. The van der Waals surface area contributed by atoms with Crippen LogP contribution in [0.3, 0.4) is 0 Å². The zero-order valence-corrected chi connectivity index (χ0v) is 8.15. The highest BCUT2D eigenvalue weighted by atomic mass is 19.1. The van der Waals surface area contributed by atoms with Crippen LogP contribution in [0.2, 0.25) is 0 Å². The lowest BCUT2D eigenvalue weighted by Crippen LogP contribution is -2.08. The lowest BCUT2D eigenvalue weighted by atomic mass is 10.3. The van der Waals surface area contributed by atoms with Crippen molar-refractivity contribution in [2.45, 2.75) is 26.4 Å². The Kier molecular flexibility index (Phi) is 3.89. The molecule has 3 nitrogen and oxygen atoms in total. The number of nitrogens with zero attached hydrogens (tertiary/aromatic N) is 1. The molecule has 1 aromatic heterocycles. The third-order valence-corrected chi connectivity index (χ3v) is 2.00. The van der Waals surface area contributed by atoms with E-state index in [-0.39, 0.29) is 0 Å². The average molecular weight is 185 g/mol. The number of rotatable bonds is 5. The normalized spacial score (nSPS) is 10.7. The van der Waals surface area contributed by atoms with Gasteiger partial charge in [0.2, 0.25) is 0 Å². The van der Waals surface area contributed by atoms with Crippen molar-refractivity contribution in [3.8, 4) is 0 Å². The van der Waals surface area contributed by atoms with E-state index >= 15 is 0 Å². The second-order valence-electron chi connectivity index (χ2n) is 3.10. The molecule has 0 amide bonds. The number of aryl methyl sites for hydroxylation is 2. The molecular formula is C9H16FN3. The number of nitrogens with one attached hydrogen (secondary N) is 2. The van der Waals surface area contributed by atoms with Crippen LogP contribution < -0.4 is 5.32 Å². The van der Waals surface area contributed by atoms with E-state index in [9.17, 15) is 4.39 Å². The van der Waals surface area contributed by atoms with Crippen LogP contribution in [0.5, 0.6) is 0 Å². The molecular weight excluding hydrogens is 169 g/mol. The molecule has 0 saturated carbocycles. The summed E-state index contributed by atoms with van der Waals surface area (Å²) >= 11 is 0. The van der Waals surface area contributed by atoms with Crippen LogP contribution in [0.4, 0.5) is 4.39 Å². The maximum atomic E-state index is 12.3. The lowest BCUT2D eigenvalue weighted by Gasteiger charge is -1.95. The van der Waals surface area contributed by atoms with Gasteiger partial charge < -0.3 is 10.3 Å². The molecule has 1 rings (SSSR count). The highest BCUT2D eigenvalue weighted by Crippen LogP contribution is 2.07. The molecule has 0 aromatic carbocycles. The van der Waals surface area contributed by atoms with Gasteiger partial charge in [-0.15, -0.1) is 0 Å². The monoisotopic (exact) mass is 185 g/mol. The fourth-order valence-corrected chi connectivity index (χ4v) is 1.24. The summed E-state index contributed by atoms with van der Waals surface area (Å²) in [5.74, 6) is 0.889. The van der Waals surface area contributed by atoms with Crippen molar-refractivity contribution in [3.05, 3.63) is 17.2 Å². The molecule has 0 atom stereocenters. The minimum atomic E-state index is -0.478. The molecule has 0 aliphatic rings. The Morgan fingerprint density at radius 2 is 2.31 bits per heavy atom. The summed E-state index contributed by atoms with van der Waals surface area (Å²) in [5, 5.41) is 3.06. The van der Waals surface area contributed by atoms with Gasteiger partial charge >= 0.3 is 0 Å². The highest BCUT2D eigenvalue weighted by molar-refractivity contribution is 5.11. The van der Waals surface area contributed by atoms with E-state index in [1.165, 1.54) is 0 Å². The van der Waals surface area contributed by atoms with Crippen LogP contribution in [0.25, 0.3) is 0 Å². The number of halogens is 1. The van der Waals surface area contributed by atoms with Gasteiger partial charge in [-0.05, 0) is 26.9 Å². The second kappa shape index (κ2) is 4.97. The maximum absolute atomic E-state index is 12.3. The third kappa shape index (κ3) is 2.81. The first-order valence-electron chi connectivity index (χ1n) is 4.53. The average Bonchev–Trinajstić information content (AvgIpc) is 2.47. The Balaban J connectivity index is 2.48. The molecule has 0 saturated heterocycles. The molecule has 13 heavy (non-hydrogen) atoms. The Labute approximate surface area is 77.8 Å². The number of hydrogen-bond acceptors (Lipinski definition) is 2. The molecule has 0 unspecified atom stereocenters. The highest BCUT2D eigenvalue weighted by Gasteiger charge is 2.04. The quantitative estimate of drug-likeness (QED) is 0.680. The summed E-state index contributed by atoms with van der Waals surface area (Å²) in [5.41, 5.74) is 1.39. The number of aromatic nitrogens is 2. The van der Waals surface area contributed by atoms with Crippen molar-refractivity contribution < 1.29 is 4.39 Å². The van der Waals surface area contributed by atoms with Crippen LogP contribution >= 0.6 is 0 Å². The molecule has 4 heteroatoms.